The number of aromatic nitrogens is 4. The minimum absolute atomic E-state index is 0.327. The zero-order valence-electron chi connectivity index (χ0n) is 51.5. The Balaban J connectivity index is 1.50. The molecule has 0 unspecified atom stereocenters. The molecule has 0 saturated heterocycles. The number of H-pyrrole nitrogens is 1. The number of para-hydroxylation sites is 5. The molecule has 0 atom stereocenters. The van der Waals surface area contributed by atoms with Crippen LogP contribution in [0, 0.1) is 0 Å². The van der Waals surface area contributed by atoms with Crippen LogP contribution in [0.4, 0.5) is 22.7 Å². The Morgan fingerprint density at radius 1 is 0.420 bits per heavy atom. The van der Waals surface area contributed by atoms with Gasteiger partial charge in [-0.1, -0.05) is 91.0 Å². The second kappa shape index (κ2) is 30.0. The minimum Gasteiger partial charge on any atom is -0.355 e. The van der Waals surface area contributed by atoms with Crippen LogP contribution < -0.4 is 21.3 Å². The molecule has 4 aromatic carbocycles. The number of aromatic amines is 1. The first kappa shape index (κ1) is 62.7. The first-order valence-corrected chi connectivity index (χ1v) is 29.6. The molecule has 0 saturated carbocycles. The third-order valence-electron chi connectivity index (χ3n) is 14.5. The molecule has 5 heterocycles. The van der Waals surface area contributed by atoms with Gasteiger partial charge in [0, 0.05) is 87.7 Å². The van der Waals surface area contributed by atoms with Crippen LogP contribution in [0.2, 0.25) is 0 Å². The summed E-state index contributed by atoms with van der Waals surface area (Å²) in [6, 6.07) is 40.6. The Labute approximate surface area is 516 Å². The lowest BCUT2D eigenvalue weighted by Crippen LogP contribution is -2.13. The van der Waals surface area contributed by atoms with Gasteiger partial charge < -0.3 is 50.4 Å². The second-order valence-electron chi connectivity index (χ2n) is 22.6. The zero-order valence-corrected chi connectivity index (χ0v) is 51.5. The van der Waals surface area contributed by atoms with E-state index in [1.807, 2.05) is 232 Å². The quantitative estimate of drug-likeness (QED) is 0.0366. The summed E-state index contributed by atoms with van der Waals surface area (Å²) >= 11 is 0. The van der Waals surface area contributed by atoms with Crippen molar-refractivity contribution >= 4 is 92.7 Å². The van der Waals surface area contributed by atoms with Gasteiger partial charge in [0.15, 0.2) is 0 Å². The molecule has 5 N–H and O–H groups in total. The highest BCUT2D eigenvalue weighted by Crippen LogP contribution is 2.51. The fraction of sp³-hybridized carbons (Fsp3) is 0.222. The van der Waals surface area contributed by atoms with E-state index in [2.05, 4.69) is 50.4 Å². The van der Waals surface area contributed by atoms with Gasteiger partial charge in [0.2, 0.25) is 23.6 Å². The Morgan fingerprint density at radius 2 is 0.784 bits per heavy atom. The van der Waals surface area contributed by atoms with E-state index in [-0.39, 0.29) is 23.6 Å². The van der Waals surface area contributed by atoms with Gasteiger partial charge in [-0.2, -0.15) is 0 Å². The molecule has 0 fully saturated rings. The third-order valence-corrected chi connectivity index (χ3v) is 14.5. The van der Waals surface area contributed by atoms with Crippen molar-refractivity contribution in [2.75, 3.05) is 104 Å². The molecule has 450 valence electrons. The van der Waals surface area contributed by atoms with Crippen molar-refractivity contribution in [2.45, 2.75) is 25.7 Å². The zero-order chi connectivity index (χ0) is 62.1. The highest BCUT2D eigenvalue weighted by Gasteiger charge is 2.30. The van der Waals surface area contributed by atoms with Gasteiger partial charge in [0.1, 0.15) is 0 Å². The van der Waals surface area contributed by atoms with Crippen LogP contribution in [0.1, 0.15) is 48.5 Å². The lowest BCUT2D eigenvalue weighted by Gasteiger charge is -2.19. The maximum Gasteiger partial charge on any atom is 0.248 e. The average molecular weight is 1180 g/mol. The number of nitrogens with one attached hydrogen (secondary N) is 5. The van der Waals surface area contributed by atoms with Crippen molar-refractivity contribution in [2.24, 2.45) is 0 Å². The Bertz CT molecular complexity index is 4060. The molecule has 0 spiro atoms. The summed E-state index contributed by atoms with van der Waals surface area (Å²) in [5.41, 5.74) is 11.4. The van der Waals surface area contributed by atoms with Crippen LogP contribution in [0.5, 0.6) is 0 Å². The molecule has 0 aliphatic carbocycles. The molecular weight excluding hydrogens is 1100 g/mol. The number of hydrogen-bond acceptors (Lipinski definition) is 10. The summed E-state index contributed by atoms with van der Waals surface area (Å²) in [5.74, 6) is -1.33. The van der Waals surface area contributed by atoms with Crippen LogP contribution in [0.3, 0.4) is 0 Å². The van der Waals surface area contributed by atoms with E-state index in [0.717, 1.165) is 37.2 Å². The lowest BCUT2D eigenvalue weighted by molar-refractivity contribution is -0.112. The van der Waals surface area contributed by atoms with Crippen molar-refractivity contribution in [3.05, 3.63) is 199 Å². The van der Waals surface area contributed by atoms with Crippen molar-refractivity contribution < 1.29 is 19.2 Å². The molecule has 0 radical (unpaired) electrons. The van der Waals surface area contributed by atoms with E-state index in [1.54, 1.807) is 24.3 Å². The summed E-state index contributed by atoms with van der Waals surface area (Å²) in [5, 5.41) is 13.0. The lowest BCUT2D eigenvalue weighted by atomic mass is 9.91. The van der Waals surface area contributed by atoms with Gasteiger partial charge in [-0.25, -0.2) is 9.97 Å². The minimum atomic E-state index is -0.336. The number of fused-ring (bicyclic) bond motifs is 8. The Kier molecular flexibility index (Phi) is 21.4. The van der Waals surface area contributed by atoms with Crippen LogP contribution in [-0.4, -0.2) is 145 Å². The summed E-state index contributed by atoms with van der Waals surface area (Å²) in [6.45, 7) is 3.02. The molecule has 8 bridgehead atoms. The van der Waals surface area contributed by atoms with Crippen molar-refractivity contribution in [1.82, 2.24) is 39.1 Å². The fourth-order valence-electron chi connectivity index (χ4n) is 10.3. The molecular formula is C72H78N12O4. The Morgan fingerprint density at radius 3 is 1.24 bits per heavy atom. The molecule has 88 heavy (non-hydrogen) atoms. The molecule has 3 aromatic heterocycles. The van der Waals surface area contributed by atoms with E-state index in [9.17, 15) is 19.2 Å². The third kappa shape index (κ3) is 16.6. The SMILES string of the molecule is CN(C)CCC=CC(=O)Nc1ccccc1-c1c(-c2ccccc2NC(=O)C=CCCN(C)C)c2c(-c3ccccc3NC(=O)C=CCCN(C)C)c3nc(cc4ccc(cc5nc(cc1n2-c1ccccc1NC(=O)C=CCCN(C)C)C=C5)[nH]4)C=C3. The number of hydrogen-bond donors (Lipinski definition) is 5. The monoisotopic (exact) mass is 1170 g/mol. The Hall–Kier alpha value is -9.84. The first-order chi connectivity index (χ1) is 42.6. The first-order valence-electron chi connectivity index (χ1n) is 29.6. The number of amides is 4. The second-order valence-corrected chi connectivity index (χ2v) is 22.6. The molecule has 4 amide bonds. The van der Waals surface area contributed by atoms with E-state index >= 15 is 0 Å². The average Bonchev–Trinajstić information content (AvgIpc) is 1.57. The maximum atomic E-state index is 14.4. The van der Waals surface area contributed by atoms with Gasteiger partial charge >= 0.3 is 0 Å². The van der Waals surface area contributed by atoms with Crippen molar-refractivity contribution in [3.8, 4) is 39.1 Å². The van der Waals surface area contributed by atoms with Gasteiger partial charge in [-0.05, 0) is 191 Å². The van der Waals surface area contributed by atoms with E-state index in [0.29, 0.717) is 121 Å². The highest BCUT2D eigenvalue weighted by atomic mass is 16.2. The number of rotatable bonds is 24. The fourth-order valence-corrected chi connectivity index (χ4v) is 10.3. The van der Waals surface area contributed by atoms with E-state index in [1.165, 1.54) is 0 Å². The molecule has 2 aliphatic rings. The largest absolute Gasteiger partial charge is 0.355 e. The normalized spacial score (nSPS) is 12.3. The molecule has 7 aromatic rings. The topological polar surface area (TPSA) is 176 Å². The van der Waals surface area contributed by atoms with Crippen LogP contribution in [0.15, 0.2) is 176 Å². The van der Waals surface area contributed by atoms with E-state index in [4.69, 9.17) is 9.97 Å². The predicted octanol–water partition coefficient (Wildman–Crippen LogP) is 12.9. The van der Waals surface area contributed by atoms with Crippen LogP contribution >= 0.6 is 0 Å². The van der Waals surface area contributed by atoms with Crippen LogP contribution in [-0.2, 0) is 19.2 Å². The highest BCUT2D eigenvalue weighted by molar-refractivity contribution is 6.18. The number of benzene rings is 4. The van der Waals surface area contributed by atoms with Gasteiger partial charge in [0.05, 0.1) is 45.2 Å². The summed E-state index contributed by atoms with van der Waals surface area (Å²) in [4.78, 5) is 79.9. The van der Waals surface area contributed by atoms with Gasteiger partial charge in [0.25, 0.3) is 0 Å². The summed E-state index contributed by atoms with van der Waals surface area (Å²) in [7, 11) is 15.9. The molecule has 9 rings (SSSR count). The number of nitrogens with zero attached hydrogens (tertiary/aromatic N) is 7. The van der Waals surface area contributed by atoms with Crippen LogP contribution in [0.25, 0.3) is 85.4 Å². The summed E-state index contributed by atoms with van der Waals surface area (Å²) in [6.07, 6.45) is 24.2. The van der Waals surface area contributed by atoms with Crippen molar-refractivity contribution in [1.29, 1.82) is 0 Å². The number of anilines is 4. The predicted molar refractivity (Wildman–Crippen MR) is 364 cm³/mol. The number of carbonyl (C=O) groups excluding carboxylic acids is 4. The van der Waals surface area contributed by atoms with E-state index < -0.39 is 0 Å². The smallest absolute Gasteiger partial charge is 0.248 e. The summed E-state index contributed by atoms with van der Waals surface area (Å²) < 4.78 is 2.11. The van der Waals surface area contributed by atoms with Gasteiger partial charge in [-0.3, -0.25) is 19.2 Å². The molecule has 2 aliphatic heterocycles. The standard InChI is InChI=1S/C72H78N12O4/c1-80(2)43-21-17-33-65(85)76-58-28-12-9-25-55(58)69-62-42-41-53(75-62)48-52-38-37-50(73-52)47-51-39-40-54(74-51)49-64-70(56-26-10-13-29-59(56)77-66(86)34-18-22-44-81(3)4)71(57-27-11-14-30-60(57)78-67(87)35-19-23-45-82(5)6)72(69)84(64)63-32-16-15-31-61(63)79-68(88)36-20-24-46-83(7)8/h9-20,25-42,47-49,73H,21-24,43-46H2,1-8H3,(H,76,85)(H,77,86)(H,78,87)(H,79,88). The van der Waals surface area contributed by atoms with Crippen molar-refractivity contribution in [3.63, 3.8) is 0 Å². The molecule has 16 nitrogen and oxygen atoms in total. The van der Waals surface area contributed by atoms with Gasteiger partial charge in [-0.15, -0.1) is 0 Å². The maximum absolute atomic E-state index is 14.4. The molecule has 16 heteroatoms. The number of carbonyl (C=O) groups is 4.